The number of hydrogen-bond acceptors (Lipinski definition) is 5. The Hall–Kier alpha value is -0.200. The maximum Gasteiger partial charge on any atom is 0.163 e. The van der Waals surface area contributed by atoms with Gasteiger partial charge in [-0.15, -0.1) is 0 Å². The molecule has 0 saturated carbocycles. The van der Waals surface area contributed by atoms with Gasteiger partial charge in [0.15, 0.2) is 5.79 Å². The zero-order valence-electron chi connectivity index (χ0n) is 8.43. The van der Waals surface area contributed by atoms with Crippen LogP contribution in [0.5, 0.6) is 0 Å². The van der Waals surface area contributed by atoms with Gasteiger partial charge in [0.2, 0.25) is 0 Å². The molecule has 0 bridgehead atoms. The second kappa shape index (κ2) is 3.43. The van der Waals surface area contributed by atoms with Crippen LogP contribution in [-0.4, -0.2) is 53.5 Å². The number of nitrogens with one attached hydrogen (secondary N) is 1. The third-order valence-corrected chi connectivity index (χ3v) is 2.73. The fraction of sp³-hybridized carbons (Fsp3) is 1.00. The number of aliphatic hydroxyl groups is 2. The van der Waals surface area contributed by atoms with Crippen molar-refractivity contribution in [2.45, 2.75) is 44.0 Å². The van der Waals surface area contributed by atoms with Crippen LogP contribution in [0, 0.1) is 0 Å². The van der Waals surface area contributed by atoms with Crippen molar-refractivity contribution in [3.63, 3.8) is 0 Å². The zero-order chi connectivity index (χ0) is 10.3. The molecule has 2 saturated heterocycles. The lowest BCUT2D eigenvalue weighted by Crippen LogP contribution is -2.45. The minimum Gasteiger partial charge on any atom is -0.394 e. The summed E-state index contributed by atoms with van der Waals surface area (Å²) in [5.41, 5.74) is 0. The first-order chi connectivity index (χ1) is 6.53. The maximum absolute atomic E-state index is 9.53. The van der Waals surface area contributed by atoms with Crippen molar-refractivity contribution < 1.29 is 19.7 Å². The van der Waals surface area contributed by atoms with Crippen molar-refractivity contribution in [2.24, 2.45) is 0 Å². The first kappa shape index (κ1) is 10.3. The Morgan fingerprint density at radius 1 is 1.50 bits per heavy atom. The minimum absolute atomic E-state index is 0.0174. The zero-order valence-corrected chi connectivity index (χ0v) is 8.43. The second-order valence-corrected chi connectivity index (χ2v) is 4.32. The standard InChI is InChI=1S/C9H17NO4/c1-9(2)13-6-3-10-7(5(12)4-11)8(6)14-9/h5-8,10-12H,3-4H2,1-2H3/t5?,6?,7-,8-/m0/s1. The van der Waals surface area contributed by atoms with E-state index in [2.05, 4.69) is 5.32 Å². The van der Waals surface area contributed by atoms with Crippen LogP contribution in [0.2, 0.25) is 0 Å². The van der Waals surface area contributed by atoms with Gasteiger partial charge in [0.1, 0.15) is 12.2 Å². The number of ether oxygens (including phenoxy) is 2. The lowest BCUT2D eigenvalue weighted by Gasteiger charge is -2.24. The molecule has 0 aromatic heterocycles. The molecule has 14 heavy (non-hydrogen) atoms. The second-order valence-electron chi connectivity index (χ2n) is 4.32. The molecule has 3 N–H and O–H groups in total. The van der Waals surface area contributed by atoms with Crippen LogP contribution in [0.15, 0.2) is 0 Å². The largest absolute Gasteiger partial charge is 0.394 e. The molecule has 0 aromatic rings. The normalized spacial score (nSPS) is 42.4. The number of rotatable bonds is 2. The Bertz CT molecular complexity index is 221. The molecule has 2 unspecified atom stereocenters. The molecule has 4 atom stereocenters. The van der Waals surface area contributed by atoms with Gasteiger partial charge in [-0.3, -0.25) is 0 Å². The fourth-order valence-electron chi connectivity index (χ4n) is 2.16. The first-order valence-corrected chi connectivity index (χ1v) is 4.91. The van der Waals surface area contributed by atoms with E-state index in [4.69, 9.17) is 14.6 Å². The molecule has 0 aromatic carbocycles. The van der Waals surface area contributed by atoms with E-state index in [1.807, 2.05) is 13.8 Å². The highest BCUT2D eigenvalue weighted by Gasteiger charge is 2.50. The Kier molecular flexibility index (Phi) is 2.53. The lowest BCUT2D eigenvalue weighted by atomic mass is 10.1. The van der Waals surface area contributed by atoms with Gasteiger partial charge in [-0.1, -0.05) is 0 Å². The first-order valence-electron chi connectivity index (χ1n) is 4.91. The van der Waals surface area contributed by atoms with Gasteiger partial charge in [-0.25, -0.2) is 0 Å². The van der Waals surface area contributed by atoms with Crippen LogP contribution < -0.4 is 5.32 Å². The molecule has 5 nitrogen and oxygen atoms in total. The molecule has 82 valence electrons. The van der Waals surface area contributed by atoms with Gasteiger partial charge < -0.3 is 25.0 Å². The Morgan fingerprint density at radius 2 is 2.21 bits per heavy atom. The maximum atomic E-state index is 9.53. The summed E-state index contributed by atoms with van der Waals surface area (Å²) in [6.07, 6.45) is -0.967. The van der Waals surface area contributed by atoms with E-state index in [1.165, 1.54) is 0 Å². The summed E-state index contributed by atoms with van der Waals surface area (Å²) in [7, 11) is 0. The van der Waals surface area contributed by atoms with Gasteiger partial charge >= 0.3 is 0 Å². The van der Waals surface area contributed by atoms with Crippen LogP contribution in [-0.2, 0) is 9.47 Å². The molecule has 2 heterocycles. The molecule has 5 heteroatoms. The van der Waals surface area contributed by atoms with Crippen LogP contribution >= 0.6 is 0 Å². The smallest absolute Gasteiger partial charge is 0.163 e. The summed E-state index contributed by atoms with van der Waals surface area (Å²) in [6, 6.07) is -0.230. The van der Waals surface area contributed by atoms with Crippen LogP contribution in [0.1, 0.15) is 13.8 Å². The molecule has 2 aliphatic rings. The van der Waals surface area contributed by atoms with Crippen molar-refractivity contribution in [1.82, 2.24) is 5.32 Å². The number of aliphatic hydroxyl groups excluding tert-OH is 2. The molecule has 2 aliphatic heterocycles. The summed E-state index contributed by atoms with van der Waals surface area (Å²) in [5.74, 6) is -0.579. The van der Waals surface area contributed by atoms with Gasteiger partial charge in [-0.05, 0) is 13.8 Å². The van der Waals surface area contributed by atoms with E-state index in [-0.39, 0.29) is 24.9 Å². The summed E-state index contributed by atoms with van der Waals surface area (Å²) >= 11 is 0. The molecular weight excluding hydrogens is 186 g/mol. The van der Waals surface area contributed by atoms with Crippen molar-refractivity contribution in [3.8, 4) is 0 Å². The molecule has 0 radical (unpaired) electrons. The van der Waals surface area contributed by atoms with Gasteiger partial charge in [0.25, 0.3) is 0 Å². The fourth-order valence-corrected chi connectivity index (χ4v) is 2.16. The van der Waals surface area contributed by atoms with E-state index >= 15 is 0 Å². The van der Waals surface area contributed by atoms with E-state index in [9.17, 15) is 5.11 Å². The van der Waals surface area contributed by atoms with Gasteiger partial charge in [-0.2, -0.15) is 0 Å². The molecule has 2 fully saturated rings. The van der Waals surface area contributed by atoms with Crippen molar-refractivity contribution in [3.05, 3.63) is 0 Å². The third kappa shape index (κ3) is 1.66. The predicted octanol–water partition coefficient (Wildman–Crippen LogP) is -1.17. The highest BCUT2D eigenvalue weighted by Crippen LogP contribution is 2.33. The average Bonchev–Trinajstić information content (AvgIpc) is 2.58. The minimum atomic E-state index is -0.789. The summed E-state index contributed by atoms with van der Waals surface area (Å²) in [6.45, 7) is 4.11. The Morgan fingerprint density at radius 3 is 2.86 bits per heavy atom. The van der Waals surface area contributed by atoms with Crippen LogP contribution in [0.25, 0.3) is 0 Å². The summed E-state index contributed by atoms with van der Waals surface area (Å²) in [5, 5.41) is 21.5. The lowest BCUT2D eigenvalue weighted by molar-refractivity contribution is -0.157. The molecule has 2 rings (SSSR count). The molecule has 0 aliphatic carbocycles. The number of hydrogen-bond donors (Lipinski definition) is 3. The van der Waals surface area contributed by atoms with Gasteiger partial charge in [0.05, 0.1) is 18.8 Å². The van der Waals surface area contributed by atoms with Gasteiger partial charge in [0, 0.05) is 6.54 Å². The summed E-state index contributed by atoms with van der Waals surface area (Å²) in [4.78, 5) is 0. The quantitative estimate of drug-likeness (QED) is 0.527. The van der Waals surface area contributed by atoms with Crippen molar-refractivity contribution in [2.75, 3.05) is 13.2 Å². The highest BCUT2D eigenvalue weighted by molar-refractivity contribution is 5.00. The van der Waals surface area contributed by atoms with E-state index in [0.717, 1.165) is 0 Å². The topological polar surface area (TPSA) is 71.0 Å². The highest BCUT2D eigenvalue weighted by atomic mass is 16.8. The Balaban J connectivity index is 2.04. The molecule has 0 spiro atoms. The Labute approximate surface area is 83.0 Å². The van der Waals surface area contributed by atoms with Crippen molar-refractivity contribution in [1.29, 1.82) is 0 Å². The monoisotopic (exact) mass is 203 g/mol. The predicted molar refractivity (Wildman–Crippen MR) is 48.7 cm³/mol. The summed E-state index contributed by atoms with van der Waals surface area (Å²) < 4.78 is 11.3. The van der Waals surface area contributed by atoms with E-state index in [0.29, 0.717) is 6.54 Å². The molecular formula is C9H17NO4. The number of fused-ring (bicyclic) bond motifs is 1. The average molecular weight is 203 g/mol. The van der Waals surface area contributed by atoms with E-state index in [1.54, 1.807) is 0 Å². The van der Waals surface area contributed by atoms with E-state index < -0.39 is 11.9 Å². The molecule has 0 amide bonds. The SMILES string of the molecule is CC1(C)OC2CN[C@@H](C(O)CO)[C@H]2O1. The third-order valence-electron chi connectivity index (χ3n) is 2.73. The van der Waals surface area contributed by atoms with Crippen LogP contribution in [0.4, 0.5) is 0 Å². The van der Waals surface area contributed by atoms with Crippen LogP contribution in [0.3, 0.4) is 0 Å². The van der Waals surface area contributed by atoms with Crippen molar-refractivity contribution >= 4 is 0 Å².